The molecule has 2 aromatic rings. The van der Waals surface area contributed by atoms with E-state index in [-0.39, 0.29) is 11.6 Å². The molecule has 21 heavy (non-hydrogen) atoms. The second-order valence-corrected chi connectivity index (χ2v) is 4.60. The Kier molecular flexibility index (Phi) is 5.63. The van der Waals surface area contributed by atoms with Crippen LogP contribution in [0.15, 0.2) is 30.6 Å². The molecule has 2 rings (SSSR count). The van der Waals surface area contributed by atoms with Gasteiger partial charge in [-0.2, -0.15) is 0 Å². The molecule has 0 saturated carbocycles. The van der Waals surface area contributed by atoms with Gasteiger partial charge in [0.05, 0.1) is 12.3 Å². The maximum absolute atomic E-state index is 14.1. The van der Waals surface area contributed by atoms with Crippen molar-refractivity contribution in [3.05, 3.63) is 53.2 Å². The molecule has 0 unspecified atom stereocenters. The van der Waals surface area contributed by atoms with E-state index in [9.17, 15) is 4.39 Å². The molecule has 1 aromatic heterocycles. The molecular formula is C16H20FN3O. The molecule has 0 spiro atoms. The normalized spacial score (nSPS) is 10.6. The zero-order valence-electron chi connectivity index (χ0n) is 12.4. The number of rotatable bonds is 7. The van der Waals surface area contributed by atoms with Crippen molar-refractivity contribution in [1.29, 1.82) is 0 Å². The minimum atomic E-state index is -0.373. The Morgan fingerprint density at radius 1 is 1.14 bits per heavy atom. The third kappa shape index (κ3) is 3.98. The number of aromatic nitrogens is 2. The highest BCUT2D eigenvalue weighted by atomic mass is 19.1. The van der Waals surface area contributed by atoms with Gasteiger partial charge in [-0.1, -0.05) is 31.2 Å². The minimum absolute atomic E-state index is 0.244. The Hall–Kier alpha value is -2.01. The summed E-state index contributed by atoms with van der Waals surface area (Å²) < 4.78 is 19.5. The standard InChI is InChI=1S/C16H20FN3O/c1-3-14-15(17)16(20-11-19-14)18-9-12-7-5-6-8-13(12)10-21-4-2/h5-8,11H,3-4,9-10H2,1-2H3,(H,18,19,20). The van der Waals surface area contributed by atoms with Gasteiger partial charge in [0.25, 0.3) is 0 Å². The van der Waals surface area contributed by atoms with Gasteiger partial charge in [0.1, 0.15) is 6.33 Å². The zero-order chi connectivity index (χ0) is 15.1. The molecule has 0 bridgehead atoms. The lowest BCUT2D eigenvalue weighted by Crippen LogP contribution is -2.08. The predicted octanol–water partition coefficient (Wildman–Crippen LogP) is 3.33. The van der Waals surface area contributed by atoms with Crippen LogP contribution in [0.25, 0.3) is 0 Å². The number of halogens is 1. The van der Waals surface area contributed by atoms with Crippen LogP contribution in [-0.2, 0) is 24.3 Å². The van der Waals surface area contributed by atoms with Crippen LogP contribution in [0, 0.1) is 5.82 Å². The van der Waals surface area contributed by atoms with Gasteiger partial charge in [0.15, 0.2) is 11.6 Å². The molecule has 1 aromatic carbocycles. The first-order valence-corrected chi connectivity index (χ1v) is 7.14. The van der Waals surface area contributed by atoms with Crippen molar-refractivity contribution in [2.45, 2.75) is 33.4 Å². The van der Waals surface area contributed by atoms with Gasteiger partial charge in [0.2, 0.25) is 0 Å². The highest BCUT2D eigenvalue weighted by Crippen LogP contribution is 2.16. The Balaban J connectivity index is 2.10. The molecule has 0 fully saturated rings. The number of hydrogen-bond donors (Lipinski definition) is 1. The van der Waals surface area contributed by atoms with E-state index in [1.807, 2.05) is 38.1 Å². The number of ether oxygens (including phenoxy) is 1. The van der Waals surface area contributed by atoms with Crippen LogP contribution in [0.1, 0.15) is 30.7 Å². The van der Waals surface area contributed by atoms with Crippen LogP contribution in [0.4, 0.5) is 10.2 Å². The fraction of sp³-hybridized carbons (Fsp3) is 0.375. The summed E-state index contributed by atoms with van der Waals surface area (Å²) in [6.45, 7) is 5.55. The van der Waals surface area contributed by atoms with Crippen LogP contribution in [0.3, 0.4) is 0 Å². The molecule has 0 aliphatic heterocycles. The third-order valence-corrected chi connectivity index (χ3v) is 3.22. The van der Waals surface area contributed by atoms with Gasteiger partial charge in [0, 0.05) is 13.2 Å². The second kappa shape index (κ2) is 7.69. The highest BCUT2D eigenvalue weighted by Gasteiger charge is 2.10. The second-order valence-electron chi connectivity index (χ2n) is 4.60. The van der Waals surface area contributed by atoms with Crippen molar-refractivity contribution in [1.82, 2.24) is 9.97 Å². The Morgan fingerprint density at radius 3 is 2.62 bits per heavy atom. The Labute approximate surface area is 124 Å². The minimum Gasteiger partial charge on any atom is -0.377 e. The molecule has 1 N–H and O–H groups in total. The number of aryl methyl sites for hydroxylation is 1. The lowest BCUT2D eigenvalue weighted by Gasteiger charge is -2.12. The molecule has 0 amide bonds. The van der Waals surface area contributed by atoms with E-state index < -0.39 is 0 Å². The smallest absolute Gasteiger partial charge is 0.186 e. The Morgan fingerprint density at radius 2 is 1.90 bits per heavy atom. The van der Waals surface area contributed by atoms with Gasteiger partial charge in [-0.05, 0) is 24.5 Å². The van der Waals surface area contributed by atoms with E-state index in [0.717, 1.165) is 11.1 Å². The molecule has 4 nitrogen and oxygen atoms in total. The molecule has 0 saturated heterocycles. The number of benzene rings is 1. The van der Waals surface area contributed by atoms with E-state index in [1.54, 1.807) is 0 Å². The van der Waals surface area contributed by atoms with E-state index in [1.165, 1.54) is 6.33 Å². The van der Waals surface area contributed by atoms with E-state index in [0.29, 0.717) is 31.9 Å². The SMILES string of the molecule is CCOCc1ccccc1CNc1ncnc(CC)c1F. The fourth-order valence-corrected chi connectivity index (χ4v) is 2.04. The van der Waals surface area contributed by atoms with Crippen molar-refractivity contribution < 1.29 is 9.13 Å². The molecule has 0 aliphatic rings. The molecular weight excluding hydrogens is 269 g/mol. The number of anilines is 1. The maximum Gasteiger partial charge on any atom is 0.186 e. The Bertz CT molecular complexity index is 589. The summed E-state index contributed by atoms with van der Waals surface area (Å²) >= 11 is 0. The van der Waals surface area contributed by atoms with E-state index in [2.05, 4.69) is 15.3 Å². The zero-order valence-corrected chi connectivity index (χ0v) is 12.4. The van der Waals surface area contributed by atoms with Crippen molar-refractivity contribution in [3.63, 3.8) is 0 Å². The summed E-state index contributed by atoms with van der Waals surface area (Å²) in [6.07, 6.45) is 1.93. The summed E-state index contributed by atoms with van der Waals surface area (Å²) in [5, 5.41) is 3.04. The molecule has 0 aliphatic carbocycles. The van der Waals surface area contributed by atoms with Crippen molar-refractivity contribution >= 4 is 5.82 Å². The van der Waals surface area contributed by atoms with Crippen LogP contribution in [-0.4, -0.2) is 16.6 Å². The molecule has 112 valence electrons. The van der Waals surface area contributed by atoms with Gasteiger partial charge < -0.3 is 10.1 Å². The van der Waals surface area contributed by atoms with E-state index in [4.69, 9.17) is 4.74 Å². The lowest BCUT2D eigenvalue weighted by molar-refractivity contribution is 0.133. The molecule has 1 heterocycles. The van der Waals surface area contributed by atoms with Gasteiger partial charge >= 0.3 is 0 Å². The summed E-state index contributed by atoms with van der Waals surface area (Å²) in [7, 11) is 0. The van der Waals surface area contributed by atoms with Crippen molar-refractivity contribution in [3.8, 4) is 0 Å². The molecule has 0 radical (unpaired) electrons. The average Bonchev–Trinajstić information content (AvgIpc) is 2.52. The number of nitrogens with one attached hydrogen (secondary N) is 1. The average molecular weight is 289 g/mol. The third-order valence-electron chi connectivity index (χ3n) is 3.22. The quantitative estimate of drug-likeness (QED) is 0.849. The maximum atomic E-state index is 14.1. The topological polar surface area (TPSA) is 47.0 Å². The van der Waals surface area contributed by atoms with Crippen LogP contribution in [0.2, 0.25) is 0 Å². The van der Waals surface area contributed by atoms with Crippen LogP contribution < -0.4 is 5.32 Å². The summed E-state index contributed by atoms with van der Waals surface area (Å²) in [6, 6.07) is 7.94. The lowest BCUT2D eigenvalue weighted by atomic mass is 10.1. The first-order valence-electron chi connectivity index (χ1n) is 7.14. The van der Waals surface area contributed by atoms with Crippen molar-refractivity contribution in [2.24, 2.45) is 0 Å². The van der Waals surface area contributed by atoms with Gasteiger partial charge in [-0.15, -0.1) is 0 Å². The van der Waals surface area contributed by atoms with Crippen LogP contribution in [0.5, 0.6) is 0 Å². The summed E-state index contributed by atoms with van der Waals surface area (Å²) in [5.41, 5.74) is 2.59. The monoisotopic (exact) mass is 289 g/mol. The largest absolute Gasteiger partial charge is 0.377 e. The predicted molar refractivity (Wildman–Crippen MR) is 80.5 cm³/mol. The molecule has 0 atom stereocenters. The van der Waals surface area contributed by atoms with E-state index >= 15 is 0 Å². The van der Waals surface area contributed by atoms with Crippen molar-refractivity contribution in [2.75, 3.05) is 11.9 Å². The summed E-state index contributed by atoms with van der Waals surface area (Å²) in [4.78, 5) is 7.89. The summed E-state index contributed by atoms with van der Waals surface area (Å²) in [5.74, 6) is -0.129. The highest BCUT2D eigenvalue weighted by molar-refractivity contribution is 5.39. The number of hydrogen-bond acceptors (Lipinski definition) is 4. The van der Waals surface area contributed by atoms with Gasteiger partial charge in [-0.3, -0.25) is 0 Å². The first kappa shape index (κ1) is 15.4. The van der Waals surface area contributed by atoms with Gasteiger partial charge in [-0.25, -0.2) is 14.4 Å². The number of nitrogens with zero attached hydrogens (tertiary/aromatic N) is 2. The fourth-order valence-electron chi connectivity index (χ4n) is 2.04. The molecule has 5 heteroatoms. The van der Waals surface area contributed by atoms with Crippen LogP contribution >= 0.6 is 0 Å². The first-order chi connectivity index (χ1) is 10.3.